The third kappa shape index (κ3) is 2.54. The Hall–Kier alpha value is -2.50. The SMILES string of the molecule is Cc1nc2ccccc2n(Cc2noc(C3CCCC3)n2)c1=O. The Balaban J connectivity index is 1.72. The van der Waals surface area contributed by atoms with E-state index in [1.54, 1.807) is 11.5 Å². The van der Waals surface area contributed by atoms with Crippen LogP contribution < -0.4 is 5.56 Å². The normalized spacial score (nSPS) is 15.5. The van der Waals surface area contributed by atoms with Gasteiger partial charge in [0.15, 0.2) is 5.82 Å². The van der Waals surface area contributed by atoms with Gasteiger partial charge in [0.2, 0.25) is 5.89 Å². The summed E-state index contributed by atoms with van der Waals surface area (Å²) in [6.07, 6.45) is 4.66. The van der Waals surface area contributed by atoms with E-state index in [-0.39, 0.29) is 5.56 Å². The van der Waals surface area contributed by atoms with Crippen molar-refractivity contribution in [1.29, 1.82) is 0 Å². The Morgan fingerprint density at radius 1 is 1.22 bits per heavy atom. The lowest BCUT2D eigenvalue weighted by Crippen LogP contribution is -2.25. The number of nitrogens with zero attached hydrogens (tertiary/aromatic N) is 4. The van der Waals surface area contributed by atoms with Crippen molar-refractivity contribution < 1.29 is 4.52 Å². The van der Waals surface area contributed by atoms with Gasteiger partial charge in [0.05, 0.1) is 17.6 Å². The zero-order valence-corrected chi connectivity index (χ0v) is 13.0. The lowest BCUT2D eigenvalue weighted by Gasteiger charge is -2.08. The lowest BCUT2D eigenvalue weighted by atomic mass is 10.1. The number of rotatable bonds is 3. The number of hydrogen-bond donors (Lipinski definition) is 0. The number of benzene rings is 1. The van der Waals surface area contributed by atoms with Gasteiger partial charge in [0.25, 0.3) is 5.56 Å². The van der Waals surface area contributed by atoms with E-state index in [1.165, 1.54) is 12.8 Å². The van der Waals surface area contributed by atoms with Gasteiger partial charge < -0.3 is 4.52 Å². The summed E-state index contributed by atoms with van der Waals surface area (Å²) in [7, 11) is 0. The number of fused-ring (bicyclic) bond motifs is 1. The molecule has 0 unspecified atom stereocenters. The summed E-state index contributed by atoms with van der Waals surface area (Å²) in [6, 6.07) is 7.60. The molecule has 0 bridgehead atoms. The van der Waals surface area contributed by atoms with Crippen molar-refractivity contribution in [2.45, 2.75) is 45.1 Å². The summed E-state index contributed by atoms with van der Waals surface area (Å²) in [6.45, 7) is 2.03. The minimum atomic E-state index is -0.115. The van der Waals surface area contributed by atoms with Gasteiger partial charge in [-0.05, 0) is 31.9 Å². The van der Waals surface area contributed by atoms with Crippen molar-refractivity contribution in [3.63, 3.8) is 0 Å². The van der Waals surface area contributed by atoms with Crippen LogP contribution in [0.15, 0.2) is 33.6 Å². The largest absolute Gasteiger partial charge is 0.339 e. The second-order valence-electron chi connectivity index (χ2n) is 6.11. The number of para-hydroxylation sites is 2. The Morgan fingerprint density at radius 3 is 2.83 bits per heavy atom. The highest BCUT2D eigenvalue weighted by Gasteiger charge is 2.23. The van der Waals surface area contributed by atoms with E-state index >= 15 is 0 Å². The number of hydrogen-bond acceptors (Lipinski definition) is 5. The summed E-state index contributed by atoms with van der Waals surface area (Å²) in [5.74, 6) is 1.63. The molecular weight excluding hydrogens is 292 g/mol. The molecule has 0 radical (unpaired) electrons. The maximum absolute atomic E-state index is 12.5. The van der Waals surface area contributed by atoms with Crippen molar-refractivity contribution in [3.05, 3.63) is 52.0 Å². The first-order valence-corrected chi connectivity index (χ1v) is 8.01. The van der Waals surface area contributed by atoms with E-state index in [4.69, 9.17) is 4.52 Å². The fourth-order valence-corrected chi connectivity index (χ4v) is 3.29. The molecule has 0 saturated heterocycles. The van der Waals surface area contributed by atoms with Gasteiger partial charge in [0.1, 0.15) is 5.69 Å². The predicted octanol–water partition coefficient (Wildman–Crippen LogP) is 2.79. The Morgan fingerprint density at radius 2 is 2.00 bits per heavy atom. The Kier molecular flexibility index (Phi) is 3.44. The van der Waals surface area contributed by atoms with E-state index in [9.17, 15) is 4.79 Å². The standard InChI is InChI=1S/C17H18N4O2/c1-11-17(22)21(14-9-5-4-8-13(14)18-11)10-15-19-16(23-20-15)12-6-2-3-7-12/h4-5,8-9,12H,2-3,6-7,10H2,1H3. The third-order valence-electron chi connectivity index (χ3n) is 4.50. The van der Waals surface area contributed by atoms with Gasteiger partial charge in [-0.2, -0.15) is 4.98 Å². The molecule has 1 aliphatic rings. The molecule has 1 fully saturated rings. The highest BCUT2D eigenvalue weighted by Crippen LogP contribution is 2.32. The molecule has 0 spiro atoms. The van der Waals surface area contributed by atoms with Crippen molar-refractivity contribution in [3.8, 4) is 0 Å². The van der Waals surface area contributed by atoms with Crippen LogP contribution in [0.2, 0.25) is 0 Å². The molecule has 118 valence electrons. The zero-order valence-electron chi connectivity index (χ0n) is 13.0. The van der Waals surface area contributed by atoms with E-state index in [1.807, 2.05) is 24.3 Å². The van der Waals surface area contributed by atoms with Crippen LogP contribution in [0.3, 0.4) is 0 Å². The highest BCUT2D eigenvalue weighted by atomic mass is 16.5. The molecule has 23 heavy (non-hydrogen) atoms. The average Bonchev–Trinajstić information content (AvgIpc) is 3.23. The molecule has 0 N–H and O–H groups in total. The fraction of sp³-hybridized carbons (Fsp3) is 0.412. The van der Waals surface area contributed by atoms with Crippen LogP contribution in [0.25, 0.3) is 11.0 Å². The summed E-state index contributed by atoms with van der Waals surface area (Å²) >= 11 is 0. The van der Waals surface area contributed by atoms with Gasteiger partial charge >= 0.3 is 0 Å². The molecule has 3 aromatic rings. The van der Waals surface area contributed by atoms with Gasteiger partial charge in [-0.15, -0.1) is 0 Å². The van der Waals surface area contributed by atoms with E-state index in [2.05, 4.69) is 15.1 Å². The van der Waals surface area contributed by atoms with E-state index in [0.717, 1.165) is 23.9 Å². The smallest absolute Gasteiger partial charge is 0.272 e. The van der Waals surface area contributed by atoms with Crippen molar-refractivity contribution in [1.82, 2.24) is 19.7 Å². The lowest BCUT2D eigenvalue weighted by molar-refractivity contribution is 0.349. The summed E-state index contributed by atoms with van der Waals surface area (Å²) in [5.41, 5.74) is 1.94. The molecule has 1 saturated carbocycles. The molecule has 2 heterocycles. The van der Waals surface area contributed by atoms with E-state index in [0.29, 0.717) is 29.9 Å². The zero-order chi connectivity index (χ0) is 15.8. The monoisotopic (exact) mass is 310 g/mol. The topological polar surface area (TPSA) is 73.8 Å². The van der Waals surface area contributed by atoms with Crippen LogP contribution in [-0.2, 0) is 6.54 Å². The molecule has 0 aliphatic heterocycles. The molecule has 0 atom stereocenters. The van der Waals surface area contributed by atoms with E-state index < -0.39 is 0 Å². The van der Waals surface area contributed by atoms with Crippen molar-refractivity contribution in [2.24, 2.45) is 0 Å². The number of aryl methyl sites for hydroxylation is 1. The fourth-order valence-electron chi connectivity index (χ4n) is 3.29. The van der Waals surface area contributed by atoms with Crippen LogP contribution in [0.4, 0.5) is 0 Å². The van der Waals surface area contributed by atoms with Crippen molar-refractivity contribution >= 4 is 11.0 Å². The van der Waals surface area contributed by atoms with Crippen LogP contribution in [-0.4, -0.2) is 19.7 Å². The molecular formula is C17H18N4O2. The first kappa shape index (κ1) is 14.1. The number of aromatic nitrogens is 4. The molecule has 2 aromatic heterocycles. The molecule has 4 rings (SSSR count). The second-order valence-corrected chi connectivity index (χ2v) is 6.11. The molecule has 0 amide bonds. The van der Waals surface area contributed by atoms with Crippen LogP contribution >= 0.6 is 0 Å². The first-order chi connectivity index (χ1) is 11.2. The second kappa shape index (κ2) is 5.61. The summed E-state index contributed by atoms with van der Waals surface area (Å²) < 4.78 is 7.08. The first-order valence-electron chi connectivity index (χ1n) is 8.01. The predicted molar refractivity (Wildman–Crippen MR) is 85.3 cm³/mol. The maximum Gasteiger partial charge on any atom is 0.272 e. The highest BCUT2D eigenvalue weighted by molar-refractivity contribution is 5.74. The van der Waals surface area contributed by atoms with Gasteiger partial charge in [-0.3, -0.25) is 9.36 Å². The van der Waals surface area contributed by atoms with Crippen LogP contribution in [0, 0.1) is 6.92 Å². The molecule has 1 aliphatic carbocycles. The molecule has 6 nitrogen and oxygen atoms in total. The van der Waals surface area contributed by atoms with Gasteiger partial charge in [-0.1, -0.05) is 30.1 Å². The minimum absolute atomic E-state index is 0.115. The molecule has 1 aromatic carbocycles. The summed E-state index contributed by atoms with van der Waals surface area (Å²) in [4.78, 5) is 21.3. The Labute approximate surface area is 133 Å². The van der Waals surface area contributed by atoms with Crippen molar-refractivity contribution in [2.75, 3.05) is 0 Å². The minimum Gasteiger partial charge on any atom is -0.339 e. The third-order valence-corrected chi connectivity index (χ3v) is 4.50. The molecule has 6 heteroatoms. The maximum atomic E-state index is 12.5. The quantitative estimate of drug-likeness (QED) is 0.743. The Bertz CT molecular complexity index is 906. The average molecular weight is 310 g/mol. The van der Waals surface area contributed by atoms with Gasteiger partial charge in [0, 0.05) is 5.92 Å². The van der Waals surface area contributed by atoms with Crippen LogP contribution in [0.1, 0.15) is 49.0 Å². The van der Waals surface area contributed by atoms with Crippen LogP contribution in [0.5, 0.6) is 0 Å². The van der Waals surface area contributed by atoms with Gasteiger partial charge in [-0.25, -0.2) is 4.98 Å². The summed E-state index contributed by atoms with van der Waals surface area (Å²) in [5, 5.41) is 4.07.